The minimum Gasteiger partial charge on any atom is -0.344 e. The van der Waals surface area contributed by atoms with Crippen molar-refractivity contribution in [2.24, 2.45) is 5.92 Å². The Balaban J connectivity index is 1.87. The number of hydrogen-bond donors (Lipinski definition) is 1. The zero-order chi connectivity index (χ0) is 12.6. The van der Waals surface area contributed by atoms with Crippen LogP contribution >= 0.6 is 0 Å². The quantitative estimate of drug-likeness (QED) is 0.749. The molecule has 2 fully saturated rings. The Labute approximate surface area is 102 Å². The highest BCUT2D eigenvalue weighted by Gasteiger charge is 2.43. The Hall–Kier alpha value is -0.620. The number of hydrogen-bond acceptors (Lipinski definition) is 4. The van der Waals surface area contributed by atoms with Crippen molar-refractivity contribution >= 4 is 15.7 Å². The first-order valence-corrected chi connectivity index (χ1v) is 8.11. The summed E-state index contributed by atoms with van der Waals surface area (Å²) < 4.78 is 22.1. The van der Waals surface area contributed by atoms with Gasteiger partial charge in [-0.1, -0.05) is 0 Å². The van der Waals surface area contributed by atoms with Gasteiger partial charge in [-0.15, -0.1) is 0 Å². The van der Waals surface area contributed by atoms with Crippen LogP contribution in [0.15, 0.2) is 0 Å². The van der Waals surface area contributed by atoms with Gasteiger partial charge < -0.3 is 10.2 Å². The fourth-order valence-electron chi connectivity index (χ4n) is 2.79. The smallest absolute Gasteiger partial charge is 0.227 e. The minimum atomic E-state index is -3.00. The number of sulfone groups is 1. The zero-order valence-electron chi connectivity index (χ0n) is 10.3. The normalized spacial score (nSPS) is 31.8. The number of carbonyl (C=O) groups is 1. The van der Waals surface area contributed by atoms with Crippen LogP contribution in [-0.4, -0.2) is 56.9 Å². The number of amides is 1. The molecule has 2 rings (SSSR count). The van der Waals surface area contributed by atoms with Crippen LogP contribution in [0, 0.1) is 5.92 Å². The topological polar surface area (TPSA) is 66.5 Å². The highest BCUT2D eigenvalue weighted by molar-refractivity contribution is 7.90. The molecule has 98 valence electrons. The number of fused-ring (bicyclic) bond motifs is 2. The van der Waals surface area contributed by atoms with E-state index in [0.717, 1.165) is 12.8 Å². The monoisotopic (exact) mass is 260 g/mol. The first-order chi connectivity index (χ1) is 7.87. The van der Waals surface area contributed by atoms with Crippen molar-refractivity contribution in [2.75, 3.05) is 25.6 Å². The second-order valence-corrected chi connectivity index (χ2v) is 7.54. The summed E-state index contributed by atoms with van der Waals surface area (Å²) in [4.78, 5) is 13.7. The Bertz CT molecular complexity index is 407. The fourth-order valence-corrected chi connectivity index (χ4v) is 3.40. The minimum absolute atomic E-state index is 0.0451. The molecular formula is C11H20N2O3S. The molecule has 2 saturated heterocycles. The van der Waals surface area contributed by atoms with Gasteiger partial charge in [0.2, 0.25) is 5.91 Å². The fraction of sp³-hybridized carbons (Fsp3) is 0.909. The second kappa shape index (κ2) is 4.57. The third-order valence-electron chi connectivity index (χ3n) is 3.79. The summed E-state index contributed by atoms with van der Waals surface area (Å²) >= 11 is 0. The van der Waals surface area contributed by atoms with E-state index < -0.39 is 9.84 Å². The van der Waals surface area contributed by atoms with Gasteiger partial charge in [0, 0.05) is 31.9 Å². The summed E-state index contributed by atoms with van der Waals surface area (Å²) in [5.74, 6) is 0.190. The molecule has 6 heteroatoms. The highest BCUT2D eigenvalue weighted by Crippen LogP contribution is 2.34. The molecule has 2 aliphatic heterocycles. The van der Waals surface area contributed by atoms with Gasteiger partial charge in [-0.05, 0) is 19.3 Å². The summed E-state index contributed by atoms with van der Waals surface area (Å²) in [6.07, 6.45) is 4.35. The van der Waals surface area contributed by atoms with Crippen LogP contribution in [0.5, 0.6) is 0 Å². The lowest BCUT2D eigenvalue weighted by atomic mass is 9.88. The van der Waals surface area contributed by atoms with Crippen molar-refractivity contribution in [2.45, 2.75) is 31.3 Å². The Morgan fingerprint density at radius 2 is 2.12 bits per heavy atom. The van der Waals surface area contributed by atoms with Crippen LogP contribution in [0.2, 0.25) is 0 Å². The molecule has 0 aliphatic carbocycles. The van der Waals surface area contributed by atoms with E-state index in [-0.39, 0.29) is 17.6 Å². The number of carbonyl (C=O) groups excluding carboxylic acids is 1. The third-order valence-corrected chi connectivity index (χ3v) is 4.72. The molecule has 2 bridgehead atoms. The predicted octanol–water partition coefficient (Wildman–Crippen LogP) is -0.370. The van der Waals surface area contributed by atoms with Crippen LogP contribution in [0.1, 0.15) is 19.3 Å². The van der Waals surface area contributed by atoms with Crippen molar-refractivity contribution in [3.8, 4) is 0 Å². The molecule has 2 heterocycles. The number of nitrogens with one attached hydrogen (secondary N) is 1. The van der Waals surface area contributed by atoms with E-state index in [4.69, 9.17) is 0 Å². The summed E-state index contributed by atoms with van der Waals surface area (Å²) in [6.45, 7) is 0.297. The summed E-state index contributed by atoms with van der Waals surface area (Å²) in [5, 5.41) is 3.42. The molecule has 0 radical (unpaired) electrons. The lowest BCUT2D eigenvalue weighted by Gasteiger charge is -2.25. The van der Waals surface area contributed by atoms with Crippen molar-refractivity contribution in [3.63, 3.8) is 0 Å². The Morgan fingerprint density at radius 3 is 2.59 bits per heavy atom. The Kier molecular flexibility index (Phi) is 3.45. The zero-order valence-corrected chi connectivity index (χ0v) is 11.2. The first kappa shape index (κ1) is 12.8. The van der Waals surface area contributed by atoms with Crippen molar-refractivity contribution in [3.05, 3.63) is 0 Å². The summed E-state index contributed by atoms with van der Waals surface area (Å²) in [5.41, 5.74) is 0. The predicted molar refractivity (Wildman–Crippen MR) is 65.4 cm³/mol. The molecule has 17 heavy (non-hydrogen) atoms. The van der Waals surface area contributed by atoms with Crippen molar-refractivity contribution in [1.82, 2.24) is 10.2 Å². The van der Waals surface area contributed by atoms with E-state index in [1.807, 2.05) is 0 Å². The average Bonchev–Trinajstić information content (AvgIpc) is 2.85. The van der Waals surface area contributed by atoms with Gasteiger partial charge in [0.15, 0.2) is 0 Å². The molecular weight excluding hydrogens is 240 g/mol. The maximum atomic E-state index is 12.1. The van der Waals surface area contributed by atoms with E-state index in [2.05, 4.69) is 5.32 Å². The second-order valence-electron chi connectivity index (χ2n) is 5.28. The van der Waals surface area contributed by atoms with Gasteiger partial charge in [0.1, 0.15) is 9.84 Å². The maximum absolute atomic E-state index is 12.1. The summed E-state index contributed by atoms with van der Waals surface area (Å²) in [7, 11) is -1.30. The van der Waals surface area contributed by atoms with Crippen LogP contribution in [0.25, 0.3) is 0 Å². The first-order valence-electron chi connectivity index (χ1n) is 6.05. The molecule has 1 amide bonds. The average molecular weight is 260 g/mol. The highest BCUT2D eigenvalue weighted by atomic mass is 32.2. The van der Waals surface area contributed by atoms with Crippen LogP contribution < -0.4 is 5.32 Å². The largest absolute Gasteiger partial charge is 0.344 e. The van der Waals surface area contributed by atoms with Gasteiger partial charge in [-0.3, -0.25) is 4.79 Å². The standard InChI is InChI=1S/C11H20N2O3S/c1-13(5-6-17(2,15)16)11(14)9-7-8-3-4-10(9)12-8/h8-10,12H,3-7H2,1-2H3. The van der Waals surface area contributed by atoms with Crippen LogP contribution in [0.4, 0.5) is 0 Å². The van der Waals surface area contributed by atoms with E-state index in [1.54, 1.807) is 11.9 Å². The molecule has 3 unspecified atom stereocenters. The van der Waals surface area contributed by atoms with E-state index >= 15 is 0 Å². The van der Waals surface area contributed by atoms with Crippen LogP contribution in [0.3, 0.4) is 0 Å². The lowest BCUT2D eigenvalue weighted by Crippen LogP contribution is -2.40. The SMILES string of the molecule is CN(CCS(C)(=O)=O)C(=O)C1CC2CCC1N2. The molecule has 5 nitrogen and oxygen atoms in total. The van der Waals surface area contributed by atoms with Crippen molar-refractivity contribution in [1.29, 1.82) is 0 Å². The third kappa shape index (κ3) is 2.98. The van der Waals surface area contributed by atoms with Gasteiger partial charge in [-0.25, -0.2) is 8.42 Å². The lowest BCUT2D eigenvalue weighted by molar-refractivity contribution is -0.134. The van der Waals surface area contributed by atoms with Crippen molar-refractivity contribution < 1.29 is 13.2 Å². The maximum Gasteiger partial charge on any atom is 0.227 e. The van der Waals surface area contributed by atoms with E-state index in [1.165, 1.54) is 12.7 Å². The van der Waals surface area contributed by atoms with E-state index in [0.29, 0.717) is 18.6 Å². The molecule has 0 saturated carbocycles. The summed E-state index contributed by atoms with van der Waals surface area (Å²) in [6, 6.07) is 0.811. The van der Waals surface area contributed by atoms with Gasteiger partial charge in [-0.2, -0.15) is 0 Å². The molecule has 3 atom stereocenters. The molecule has 0 aromatic heterocycles. The van der Waals surface area contributed by atoms with Gasteiger partial charge in [0.05, 0.1) is 11.7 Å². The van der Waals surface area contributed by atoms with Gasteiger partial charge >= 0.3 is 0 Å². The van der Waals surface area contributed by atoms with Crippen LogP contribution in [-0.2, 0) is 14.6 Å². The van der Waals surface area contributed by atoms with Gasteiger partial charge in [0.25, 0.3) is 0 Å². The number of rotatable bonds is 4. The van der Waals surface area contributed by atoms with E-state index in [9.17, 15) is 13.2 Å². The Morgan fingerprint density at radius 1 is 1.41 bits per heavy atom. The number of nitrogens with zero attached hydrogens (tertiary/aromatic N) is 1. The molecule has 1 N–H and O–H groups in total. The molecule has 0 spiro atoms. The molecule has 0 aromatic carbocycles. The molecule has 0 aromatic rings. The molecule has 2 aliphatic rings.